The van der Waals surface area contributed by atoms with Crippen molar-refractivity contribution in [2.45, 2.75) is 70.7 Å². The standard InChI is InChI=1S/C39H74N6O17Si/c1-37(2,3)61-34(50)8-9-39(63,45-36(52)62-38(4,5)6)35(51)44-29-33(49)43-28-32(48)42-27-31(47)41-26-30(46)40-10-11-54-14-15-56-18-19-58-22-23-60-25-24-59-21-20-57-17-16-55-13-12-53-7/h8-29H2,1-7,63H3,(H,40,46)(H,41,47)(H,42,48)(H,43,49)(H,44,51)(H,45,52). The van der Waals surface area contributed by atoms with Gasteiger partial charge in [-0.3, -0.25) is 28.8 Å². The van der Waals surface area contributed by atoms with E-state index in [0.717, 1.165) is 0 Å². The predicted octanol–water partition coefficient (Wildman–Crippen LogP) is -2.96. The molecule has 23 nitrogen and oxygen atoms in total. The number of carbonyl (C=O) groups excluding carboxylic acids is 7. The molecular formula is C39H74N6O17Si. The van der Waals surface area contributed by atoms with Crippen LogP contribution in [-0.2, 0) is 76.1 Å². The van der Waals surface area contributed by atoms with Gasteiger partial charge >= 0.3 is 12.1 Å². The summed E-state index contributed by atoms with van der Waals surface area (Å²) in [6, 6.07) is 0. The van der Waals surface area contributed by atoms with Crippen LogP contribution in [0.3, 0.4) is 0 Å². The van der Waals surface area contributed by atoms with Crippen molar-refractivity contribution >= 4 is 51.8 Å². The zero-order valence-corrected chi connectivity index (χ0v) is 40.5. The van der Waals surface area contributed by atoms with E-state index in [-0.39, 0.29) is 42.8 Å². The Labute approximate surface area is 373 Å². The lowest BCUT2D eigenvalue weighted by atomic mass is 10.1. The highest BCUT2D eigenvalue weighted by Gasteiger charge is 2.37. The average Bonchev–Trinajstić information content (AvgIpc) is 3.19. The Hall–Kier alpha value is -4.01. The maximum absolute atomic E-state index is 13.2. The lowest BCUT2D eigenvalue weighted by Gasteiger charge is -2.31. The van der Waals surface area contributed by atoms with Crippen LogP contribution in [0, 0.1) is 0 Å². The van der Waals surface area contributed by atoms with Gasteiger partial charge in [-0.25, -0.2) is 4.79 Å². The van der Waals surface area contributed by atoms with Gasteiger partial charge in [-0.2, -0.15) is 0 Å². The maximum atomic E-state index is 13.2. The molecule has 6 amide bonds. The summed E-state index contributed by atoms with van der Waals surface area (Å²) in [5.41, 5.74) is -1.61. The quantitative estimate of drug-likeness (QED) is 0.0206. The fourth-order valence-electron chi connectivity index (χ4n) is 4.47. The van der Waals surface area contributed by atoms with Crippen molar-refractivity contribution in [1.29, 1.82) is 0 Å². The van der Waals surface area contributed by atoms with E-state index in [0.29, 0.717) is 92.5 Å². The highest BCUT2D eigenvalue weighted by molar-refractivity contribution is 6.29. The van der Waals surface area contributed by atoms with E-state index in [1.54, 1.807) is 48.7 Å². The summed E-state index contributed by atoms with van der Waals surface area (Å²) in [5, 5.41) is 13.0. The molecular weight excluding hydrogens is 853 g/mol. The van der Waals surface area contributed by atoms with Crippen LogP contribution >= 0.6 is 0 Å². The lowest BCUT2D eigenvalue weighted by Crippen LogP contribution is -2.61. The Kier molecular flexibility index (Phi) is 33.1. The summed E-state index contributed by atoms with van der Waals surface area (Å²) in [5.74, 6) is -3.86. The molecule has 0 aliphatic carbocycles. The Morgan fingerprint density at radius 1 is 0.444 bits per heavy atom. The third-order valence-corrected chi connectivity index (χ3v) is 8.71. The van der Waals surface area contributed by atoms with Gasteiger partial charge in [-0.1, -0.05) is 0 Å². The minimum absolute atomic E-state index is 0.0334. The fourth-order valence-corrected chi connectivity index (χ4v) is 5.11. The first-order chi connectivity index (χ1) is 29.8. The zero-order valence-electron chi connectivity index (χ0n) is 38.5. The molecule has 0 fully saturated rings. The number of rotatable bonds is 37. The van der Waals surface area contributed by atoms with E-state index < -0.39 is 77.6 Å². The molecule has 24 heteroatoms. The van der Waals surface area contributed by atoms with Crippen LogP contribution in [0.25, 0.3) is 0 Å². The van der Waals surface area contributed by atoms with Gasteiger partial charge < -0.3 is 79.3 Å². The summed E-state index contributed by atoms with van der Waals surface area (Å²) < 4.78 is 53.3. The molecule has 0 heterocycles. The molecule has 0 aromatic rings. The van der Waals surface area contributed by atoms with Gasteiger partial charge in [0.1, 0.15) is 16.4 Å². The molecule has 1 atom stereocenters. The minimum atomic E-state index is -1.53. The van der Waals surface area contributed by atoms with Crippen LogP contribution in [-0.4, -0.2) is 207 Å². The molecule has 0 saturated carbocycles. The van der Waals surface area contributed by atoms with Crippen molar-refractivity contribution in [1.82, 2.24) is 31.9 Å². The van der Waals surface area contributed by atoms with Gasteiger partial charge in [0, 0.05) is 30.3 Å². The van der Waals surface area contributed by atoms with E-state index in [1.165, 1.54) is 0 Å². The average molecular weight is 927 g/mol. The Bertz CT molecular complexity index is 1330. The first-order valence-corrected chi connectivity index (χ1v) is 21.9. The van der Waals surface area contributed by atoms with Crippen LogP contribution in [0.2, 0.25) is 0 Å². The van der Waals surface area contributed by atoms with E-state index in [4.69, 9.17) is 47.4 Å². The van der Waals surface area contributed by atoms with Gasteiger partial charge in [0.05, 0.1) is 125 Å². The molecule has 0 rings (SSSR count). The maximum Gasteiger partial charge on any atom is 0.408 e. The lowest BCUT2D eigenvalue weighted by molar-refractivity contribution is -0.155. The molecule has 1 unspecified atom stereocenters. The van der Waals surface area contributed by atoms with Crippen molar-refractivity contribution in [2.24, 2.45) is 0 Å². The number of hydrogen-bond acceptors (Lipinski definition) is 17. The van der Waals surface area contributed by atoms with E-state index in [2.05, 4.69) is 31.9 Å². The second-order valence-electron chi connectivity index (χ2n) is 15.7. The zero-order chi connectivity index (χ0) is 47.4. The largest absolute Gasteiger partial charge is 0.460 e. The van der Waals surface area contributed by atoms with Gasteiger partial charge in [0.2, 0.25) is 29.5 Å². The van der Waals surface area contributed by atoms with Gasteiger partial charge in [-0.15, -0.1) is 0 Å². The summed E-state index contributed by atoms with van der Waals surface area (Å²) >= 11 is 0. The number of esters is 1. The predicted molar refractivity (Wildman–Crippen MR) is 230 cm³/mol. The fraction of sp³-hybridized carbons (Fsp3) is 0.821. The summed E-state index contributed by atoms with van der Waals surface area (Å²) in [6.07, 6.45) is -1.18. The van der Waals surface area contributed by atoms with Crippen molar-refractivity contribution in [3.05, 3.63) is 0 Å². The first kappa shape index (κ1) is 59.0. The van der Waals surface area contributed by atoms with Crippen molar-refractivity contribution in [2.75, 3.05) is 139 Å². The van der Waals surface area contributed by atoms with Gasteiger partial charge in [0.15, 0.2) is 0 Å². The number of methoxy groups -OCH3 is 1. The van der Waals surface area contributed by atoms with Crippen LogP contribution in [0.15, 0.2) is 0 Å². The number of ether oxygens (including phenoxy) is 10. The van der Waals surface area contributed by atoms with Crippen LogP contribution in [0.5, 0.6) is 0 Å². The normalized spacial score (nSPS) is 12.4. The van der Waals surface area contributed by atoms with E-state index in [1.807, 2.05) is 0 Å². The number of alkyl carbamates (subject to hydrolysis) is 1. The molecule has 6 N–H and O–H groups in total. The van der Waals surface area contributed by atoms with Gasteiger partial charge in [0.25, 0.3) is 0 Å². The summed E-state index contributed by atoms with van der Waals surface area (Å²) in [4.78, 5) is 86.7. The minimum Gasteiger partial charge on any atom is -0.460 e. The van der Waals surface area contributed by atoms with E-state index in [9.17, 15) is 33.6 Å². The Morgan fingerprint density at radius 3 is 1.14 bits per heavy atom. The number of carbonyl (C=O) groups is 7. The SMILES string of the molecule is COCCOCCOCCOCCOCCOCCOCCOCCNC(=O)CNC(=O)CNC(=O)CNC(=O)CNC(=O)C([SiH3])(CCC(=O)OC(C)(C)C)NC(=O)OC(C)(C)C. The molecule has 0 radical (unpaired) electrons. The van der Waals surface area contributed by atoms with Crippen molar-refractivity contribution < 1.29 is 80.9 Å². The topological polar surface area (TPSA) is 284 Å². The van der Waals surface area contributed by atoms with Crippen molar-refractivity contribution in [3.8, 4) is 0 Å². The Morgan fingerprint density at radius 2 is 0.778 bits per heavy atom. The third-order valence-electron chi connectivity index (χ3n) is 7.51. The molecule has 63 heavy (non-hydrogen) atoms. The smallest absolute Gasteiger partial charge is 0.408 e. The molecule has 0 aliphatic heterocycles. The highest BCUT2D eigenvalue weighted by Crippen LogP contribution is 2.16. The molecule has 0 bridgehead atoms. The van der Waals surface area contributed by atoms with Crippen LogP contribution < -0.4 is 31.9 Å². The first-order valence-electron chi connectivity index (χ1n) is 20.9. The van der Waals surface area contributed by atoms with Crippen LogP contribution in [0.4, 0.5) is 4.79 Å². The molecule has 0 aromatic carbocycles. The second kappa shape index (κ2) is 35.4. The van der Waals surface area contributed by atoms with Gasteiger partial charge in [-0.05, 0) is 48.0 Å². The summed E-state index contributed by atoms with van der Waals surface area (Å²) in [7, 11) is 1.66. The summed E-state index contributed by atoms with van der Waals surface area (Å²) in [6.45, 7) is 14.9. The molecule has 0 saturated heterocycles. The number of amides is 6. The highest BCUT2D eigenvalue weighted by atomic mass is 28.1. The second-order valence-corrected chi connectivity index (χ2v) is 17.4. The molecule has 0 aliphatic rings. The van der Waals surface area contributed by atoms with E-state index >= 15 is 0 Å². The number of hydrogen-bond donors (Lipinski definition) is 6. The number of nitrogens with one attached hydrogen (secondary N) is 6. The molecule has 366 valence electrons. The monoisotopic (exact) mass is 926 g/mol. The third kappa shape index (κ3) is 38.2. The van der Waals surface area contributed by atoms with Crippen molar-refractivity contribution in [3.63, 3.8) is 0 Å². The molecule has 0 aromatic heterocycles. The molecule has 0 spiro atoms. The Balaban J connectivity index is 4.00. The van der Waals surface area contributed by atoms with Crippen LogP contribution in [0.1, 0.15) is 54.4 Å².